The molecule has 0 aromatic carbocycles. The summed E-state index contributed by atoms with van der Waals surface area (Å²) < 4.78 is 5.10. The fourth-order valence-corrected chi connectivity index (χ4v) is 1.64. The van der Waals surface area contributed by atoms with Crippen molar-refractivity contribution in [2.75, 3.05) is 11.1 Å². The molecule has 0 amide bonds. The Morgan fingerprint density at radius 1 is 1.35 bits per heavy atom. The average Bonchev–Trinajstić information content (AvgIpc) is 2.62. The Kier molecular flexibility index (Phi) is 2.99. The molecule has 2 heterocycles. The van der Waals surface area contributed by atoms with Crippen molar-refractivity contribution in [2.24, 2.45) is 0 Å². The number of nitrogens with zero attached hydrogens (tertiary/aromatic N) is 2. The Labute approximate surface area is 100 Å². The summed E-state index contributed by atoms with van der Waals surface area (Å²) in [4.78, 5) is 4.21. The molecule has 0 aliphatic carbocycles. The molecule has 0 atom stereocenters. The Bertz CT molecular complexity index is 514. The third-order valence-electron chi connectivity index (χ3n) is 2.82. The number of aryl methyl sites for hydroxylation is 3. The molecule has 0 radical (unpaired) electrons. The van der Waals surface area contributed by atoms with E-state index < -0.39 is 0 Å². The zero-order valence-corrected chi connectivity index (χ0v) is 10.2. The highest BCUT2D eigenvalue weighted by Crippen LogP contribution is 2.20. The molecule has 0 unspecified atom stereocenters. The Morgan fingerprint density at radius 3 is 2.76 bits per heavy atom. The molecule has 5 nitrogen and oxygen atoms in total. The lowest BCUT2D eigenvalue weighted by molar-refractivity contribution is 0.392. The number of rotatable bonds is 3. The van der Waals surface area contributed by atoms with Gasteiger partial charge in [-0.3, -0.25) is 0 Å². The molecule has 0 bridgehead atoms. The van der Waals surface area contributed by atoms with E-state index in [9.17, 15) is 0 Å². The first-order valence-corrected chi connectivity index (χ1v) is 5.46. The van der Waals surface area contributed by atoms with Crippen molar-refractivity contribution >= 4 is 11.5 Å². The second kappa shape index (κ2) is 4.45. The summed E-state index contributed by atoms with van der Waals surface area (Å²) in [6.45, 7) is 6.38. The van der Waals surface area contributed by atoms with Crippen LogP contribution in [0.25, 0.3) is 0 Å². The van der Waals surface area contributed by atoms with Crippen LogP contribution in [0.1, 0.15) is 22.6 Å². The molecule has 2 rings (SSSR count). The van der Waals surface area contributed by atoms with Gasteiger partial charge in [0, 0.05) is 18.3 Å². The molecule has 0 fully saturated rings. The van der Waals surface area contributed by atoms with Crippen LogP contribution in [0.2, 0.25) is 0 Å². The molecule has 2 aromatic heterocycles. The molecule has 0 saturated carbocycles. The lowest BCUT2D eigenvalue weighted by atomic mass is 10.2. The van der Waals surface area contributed by atoms with E-state index in [1.54, 1.807) is 6.20 Å². The Hall–Kier alpha value is -2.04. The second-order valence-corrected chi connectivity index (χ2v) is 4.05. The quantitative estimate of drug-likeness (QED) is 0.848. The summed E-state index contributed by atoms with van der Waals surface area (Å²) in [5.41, 5.74) is 9.57. The monoisotopic (exact) mass is 232 g/mol. The van der Waals surface area contributed by atoms with Gasteiger partial charge in [-0.25, -0.2) is 4.98 Å². The smallest absolute Gasteiger partial charge is 0.149 e. The molecule has 3 N–H and O–H groups in total. The minimum atomic E-state index is 0.613. The van der Waals surface area contributed by atoms with Crippen LogP contribution in [0.15, 0.2) is 16.8 Å². The van der Waals surface area contributed by atoms with E-state index in [0.717, 1.165) is 22.6 Å². The maximum Gasteiger partial charge on any atom is 0.149 e. The van der Waals surface area contributed by atoms with Gasteiger partial charge in [-0.2, -0.15) is 0 Å². The standard InChI is InChI=1S/C12H16N4O/c1-7-4-5-14-12(11(7)13)15-6-10-8(2)16-17-9(10)3/h4-5H,6,13H2,1-3H3,(H,14,15). The molecule has 0 aliphatic rings. The van der Waals surface area contributed by atoms with E-state index in [-0.39, 0.29) is 0 Å². The van der Waals surface area contributed by atoms with Crippen LogP contribution in [0.4, 0.5) is 11.5 Å². The summed E-state index contributed by atoms with van der Waals surface area (Å²) in [6, 6.07) is 1.89. The highest BCUT2D eigenvalue weighted by Gasteiger charge is 2.09. The molecule has 17 heavy (non-hydrogen) atoms. The average molecular weight is 232 g/mol. The topological polar surface area (TPSA) is 77.0 Å². The maximum atomic E-state index is 5.93. The van der Waals surface area contributed by atoms with E-state index in [1.165, 1.54) is 0 Å². The molecule has 0 saturated heterocycles. The minimum Gasteiger partial charge on any atom is -0.396 e. The van der Waals surface area contributed by atoms with E-state index in [2.05, 4.69) is 15.5 Å². The van der Waals surface area contributed by atoms with Gasteiger partial charge in [0.15, 0.2) is 0 Å². The predicted octanol–water partition coefficient (Wildman–Crippen LogP) is 2.19. The normalized spacial score (nSPS) is 10.5. The lowest BCUT2D eigenvalue weighted by Gasteiger charge is -2.09. The van der Waals surface area contributed by atoms with Crippen LogP contribution in [-0.2, 0) is 6.54 Å². The number of nitrogen functional groups attached to an aromatic ring is 1. The van der Waals surface area contributed by atoms with Crippen LogP contribution in [0, 0.1) is 20.8 Å². The molecule has 2 aromatic rings. The van der Waals surface area contributed by atoms with Crippen molar-refractivity contribution in [1.29, 1.82) is 0 Å². The highest BCUT2D eigenvalue weighted by molar-refractivity contribution is 5.64. The van der Waals surface area contributed by atoms with Crippen LogP contribution in [-0.4, -0.2) is 10.1 Å². The SMILES string of the molecule is Cc1ccnc(NCc2c(C)noc2C)c1N. The number of aromatic nitrogens is 2. The molecule has 0 aliphatic heterocycles. The van der Waals surface area contributed by atoms with Gasteiger partial charge in [-0.1, -0.05) is 5.16 Å². The zero-order chi connectivity index (χ0) is 12.4. The first kappa shape index (κ1) is 11.4. The summed E-state index contributed by atoms with van der Waals surface area (Å²) >= 11 is 0. The molecule has 5 heteroatoms. The maximum absolute atomic E-state index is 5.93. The number of pyridine rings is 1. The number of nitrogens with two attached hydrogens (primary N) is 1. The van der Waals surface area contributed by atoms with Crippen molar-refractivity contribution in [3.05, 3.63) is 34.8 Å². The minimum absolute atomic E-state index is 0.613. The number of anilines is 2. The van der Waals surface area contributed by atoms with Crippen molar-refractivity contribution in [3.8, 4) is 0 Å². The fourth-order valence-electron chi connectivity index (χ4n) is 1.64. The number of hydrogen-bond donors (Lipinski definition) is 2. The first-order valence-electron chi connectivity index (χ1n) is 5.46. The van der Waals surface area contributed by atoms with E-state index in [1.807, 2.05) is 26.8 Å². The van der Waals surface area contributed by atoms with Crippen LogP contribution < -0.4 is 11.1 Å². The third-order valence-corrected chi connectivity index (χ3v) is 2.82. The Balaban J connectivity index is 2.15. The molecule has 90 valence electrons. The van der Waals surface area contributed by atoms with Gasteiger partial charge in [0.05, 0.1) is 11.4 Å². The van der Waals surface area contributed by atoms with Gasteiger partial charge in [0.2, 0.25) is 0 Å². The zero-order valence-electron chi connectivity index (χ0n) is 10.2. The van der Waals surface area contributed by atoms with Crippen LogP contribution in [0.3, 0.4) is 0 Å². The van der Waals surface area contributed by atoms with E-state index >= 15 is 0 Å². The summed E-state index contributed by atoms with van der Waals surface area (Å²) in [5, 5.41) is 7.10. The molecule has 0 spiro atoms. The van der Waals surface area contributed by atoms with Crippen LogP contribution in [0.5, 0.6) is 0 Å². The van der Waals surface area contributed by atoms with Crippen LogP contribution >= 0.6 is 0 Å². The summed E-state index contributed by atoms with van der Waals surface area (Å²) in [5.74, 6) is 1.52. The second-order valence-electron chi connectivity index (χ2n) is 4.05. The van der Waals surface area contributed by atoms with Crippen molar-refractivity contribution < 1.29 is 4.52 Å². The summed E-state index contributed by atoms with van der Waals surface area (Å²) in [7, 11) is 0. The first-order chi connectivity index (χ1) is 8.09. The number of nitrogens with one attached hydrogen (secondary N) is 1. The van der Waals surface area contributed by atoms with Gasteiger partial charge in [-0.15, -0.1) is 0 Å². The molecular formula is C12H16N4O. The largest absolute Gasteiger partial charge is 0.396 e. The number of hydrogen-bond acceptors (Lipinski definition) is 5. The van der Waals surface area contributed by atoms with Crippen molar-refractivity contribution in [3.63, 3.8) is 0 Å². The van der Waals surface area contributed by atoms with Gasteiger partial charge in [0.25, 0.3) is 0 Å². The predicted molar refractivity (Wildman–Crippen MR) is 66.7 cm³/mol. The highest BCUT2D eigenvalue weighted by atomic mass is 16.5. The van der Waals surface area contributed by atoms with E-state index in [0.29, 0.717) is 18.1 Å². The lowest BCUT2D eigenvalue weighted by Crippen LogP contribution is -2.06. The van der Waals surface area contributed by atoms with Gasteiger partial charge >= 0.3 is 0 Å². The van der Waals surface area contributed by atoms with Crippen molar-refractivity contribution in [2.45, 2.75) is 27.3 Å². The Morgan fingerprint density at radius 2 is 2.12 bits per heavy atom. The summed E-state index contributed by atoms with van der Waals surface area (Å²) in [6.07, 6.45) is 1.74. The van der Waals surface area contributed by atoms with Gasteiger partial charge in [0.1, 0.15) is 11.6 Å². The fraction of sp³-hybridized carbons (Fsp3) is 0.333. The van der Waals surface area contributed by atoms with Crippen molar-refractivity contribution in [1.82, 2.24) is 10.1 Å². The van der Waals surface area contributed by atoms with Gasteiger partial charge < -0.3 is 15.6 Å². The third kappa shape index (κ3) is 2.22. The van der Waals surface area contributed by atoms with E-state index in [4.69, 9.17) is 10.3 Å². The molecular weight excluding hydrogens is 216 g/mol. The van der Waals surface area contributed by atoms with Gasteiger partial charge in [-0.05, 0) is 32.4 Å².